The number of nitrogen functional groups attached to an aromatic ring is 1. The lowest BCUT2D eigenvalue weighted by molar-refractivity contribution is 0.858. The van der Waals surface area contributed by atoms with Gasteiger partial charge in [-0.1, -0.05) is 42.5 Å². The van der Waals surface area contributed by atoms with Crippen LogP contribution in [0.15, 0.2) is 53.6 Å². The average Bonchev–Trinajstić information content (AvgIpc) is 2.72. The molecule has 0 aliphatic heterocycles. The highest BCUT2D eigenvalue weighted by Crippen LogP contribution is 2.26. The van der Waals surface area contributed by atoms with E-state index in [4.69, 9.17) is 11.6 Å². The minimum absolute atomic E-state index is 0.276. The molecule has 5 N–H and O–H groups in total. The minimum Gasteiger partial charge on any atom is -0.370 e. The molecule has 150 valence electrons. The number of benzene rings is 2. The van der Waals surface area contributed by atoms with Gasteiger partial charge in [-0.25, -0.2) is 4.98 Å². The molecule has 1 heterocycles. The normalized spacial score (nSPS) is 11.5. The van der Waals surface area contributed by atoms with E-state index >= 15 is 0 Å². The number of anilines is 2. The van der Waals surface area contributed by atoms with Crippen LogP contribution in [0.4, 0.5) is 11.8 Å². The molecule has 6 heteroatoms. The molecule has 0 amide bonds. The minimum atomic E-state index is 0.276. The molecule has 0 aliphatic carbocycles. The maximum atomic E-state index is 5.95. The summed E-state index contributed by atoms with van der Waals surface area (Å²) < 4.78 is 0. The summed E-state index contributed by atoms with van der Waals surface area (Å²) in [6.07, 6.45) is 1.95. The third-order valence-corrected chi connectivity index (χ3v) is 5.14. The standard InChI is InChI=1S/C23H28N6/c1-15-6-4-8-20(16(15)2)21-14-22(28-23(24)27-21)26-13-5-7-18-9-11-19(12-10-18)17(3)29-25/h4,6,8-12,14H,5,7,13,25H2,1-3H3,(H3,24,26,27,28)/b29-17+. The Balaban J connectivity index is 1.61. The van der Waals surface area contributed by atoms with Crippen LogP contribution >= 0.6 is 0 Å². The second-order valence-corrected chi connectivity index (χ2v) is 7.19. The lowest BCUT2D eigenvalue weighted by Crippen LogP contribution is -2.08. The Morgan fingerprint density at radius 2 is 1.83 bits per heavy atom. The smallest absolute Gasteiger partial charge is 0.222 e. The van der Waals surface area contributed by atoms with Crippen LogP contribution in [0.3, 0.4) is 0 Å². The van der Waals surface area contributed by atoms with E-state index < -0.39 is 0 Å². The summed E-state index contributed by atoms with van der Waals surface area (Å²) in [6.45, 7) is 6.90. The number of aryl methyl sites for hydroxylation is 2. The first-order chi connectivity index (χ1) is 14.0. The number of hydrazone groups is 1. The fraction of sp³-hybridized carbons (Fsp3) is 0.261. The summed E-state index contributed by atoms with van der Waals surface area (Å²) in [7, 11) is 0. The van der Waals surface area contributed by atoms with Gasteiger partial charge in [0, 0.05) is 18.2 Å². The largest absolute Gasteiger partial charge is 0.370 e. The first kappa shape index (κ1) is 20.3. The van der Waals surface area contributed by atoms with Crippen molar-refractivity contribution in [1.82, 2.24) is 9.97 Å². The first-order valence-corrected chi connectivity index (χ1v) is 9.76. The number of hydrogen-bond acceptors (Lipinski definition) is 6. The van der Waals surface area contributed by atoms with Crippen LogP contribution < -0.4 is 16.9 Å². The highest BCUT2D eigenvalue weighted by atomic mass is 15.1. The van der Waals surface area contributed by atoms with E-state index in [1.54, 1.807) is 0 Å². The second-order valence-electron chi connectivity index (χ2n) is 7.19. The highest BCUT2D eigenvalue weighted by molar-refractivity contribution is 5.98. The second kappa shape index (κ2) is 9.19. The van der Waals surface area contributed by atoms with Crippen molar-refractivity contribution in [2.75, 3.05) is 17.6 Å². The summed E-state index contributed by atoms with van der Waals surface area (Å²) in [6, 6.07) is 16.5. The van der Waals surface area contributed by atoms with Gasteiger partial charge in [-0.2, -0.15) is 10.1 Å². The Hall–Kier alpha value is -3.41. The SMILES string of the molecule is C/C(=N\N)c1ccc(CCCNc2cc(-c3cccc(C)c3C)nc(N)n2)cc1. The van der Waals surface area contributed by atoms with Crippen molar-refractivity contribution >= 4 is 17.5 Å². The highest BCUT2D eigenvalue weighted by Gasteiger charge is 2.08. The van der Waals surface area contributed by atoms with Gasteiger partial charge >= 0.3 is 0 Å². The molecule has 0 fully saturated rings. The zero-order valence-corrected chi connectivity index (χ0v) is 17.2. The average molecular weight is 389 g/mol. The van der Waals surface area contributed by atoms with Gasteiger partial charge in [0.25, 0.3) is 0 Å². The van der Waals surface area contributed by atoms with Gasteiger partial charge in [0.2, 0.25) is 5.95 Å². The van der Waals surface area contributed by atoms with Crippen LogP contribution in [-0.2, 0) is 6.42 Å². The Bertz CT molecular complexity index is 1010. The molecule has 0 bridgehead atoms. The monoisotopic (exact) mass is 388 g/mol. The third-order valence-electron chi connectivity index (χ3n) is 5.14. The van der Waals surface area contributed by atoms with Crippen molar-refractivity contribution < 1.29 is 0 Å². The molecule has 3 rings (SSSR count). The number of nitrogens with two attached hydrogens (primary N) is 2. The lowest BCUT2D eigenvalue weighted by atomic mass is 10.0. The number of nitrogens with zero attached hydrogens (tertiary/aromatic N) is 3. The molecule has 0 atom stereocenters. The van der Waals surface area contributed by atoms with Crippen LogP contribution in [-0.4, -0.2) is 22.2 Å². The molecule has 0 unspecified atom stereocenters. The molecular weight excluding hydrogens is 360 g/mol. The predicted octanol–water partition coefficient (Wildman–Crippen LogP) is 4.07. The van der Waals surface area contributed by atoms with Crippen molar-refractivity contribution in [3.8, 4) is 11.3 Å². The lowest BCUT2D eigenvalue weighted by Gasteiger charge is -2.11. The predicted molar refractivity (Wildman–Crippen MR) is 121 cm³/mol. The number of nitrogens with one attached hydrogen (secondary N) is 1. The van der Waals surface area contributed by atoms with Gasteiger partial charge in [-0.3, -0.25) is 0 Å². The van der Waals surface area contributed by atoms with E-state index in [0.29, 0.717) is 0 Å². The fourth-order valence-electron chi connectivity index (χ4n) is 3.22. The van der Waals surface area contributed by atoms with Crippen molar-refractivity contribution in [3.63, 3.8) is 0 Å². The van der Waals surface area contributed by atoms with Crippen molar-refractivity contribution in [2.45, 2.75) is 33.6 Å². The van der Waals surface area contributed by atoms with E-state index in [1.165, 1.54) is 16.7 Å². The van der Waals surface area contributed by atoms with E-state index in [9.17, 15) is 0 Å². The van der Waals surface area contributed by atoms with Gasteiger partial charge in [-0.15, -0.1) is 0 Å². The van der Waals surface area contributed by atoms with Crippen LogP contribution in [0.2, 0.25) is 0 Å². The van der Waals surface area contributed by atoms with Gasteiger partial charge in [-0.05, 0) is 55.9 Å². The molecule has 0 spiro atoms. The van der Waals surface area contributed by atoms with E-state index in [2.05, 4.69) is 70.6 Å². The summed E-state index contributed by atoms with van der Waals surface area (Å²) in [5.41, 5.74) is 13.5. The van der Waals surface area contributed by atoms with Crippen molar-refractivity contribution in [1.29, 1.82) is 0 Å². The Labute approximate surface area is 172 Å². The molecule has 0 aliphatic rings. The van der Waals surface area contributed by atoms with Crippen LogP contribution in [0.25, 0.3) is 11.3 Å². The van der Waals surface area contributed by atoms with Gasteiger partial charge in [0.15, 0.2) is 0 Å². The Kier molecular flexibility index (Phi) is 6.44. The number of aromatic nitrogens is 2. The summed E-state index contributed by atoms with van der Waals surface area (Å²) >= 11 is 0. The number of rotatable bonds is 7. The molecule has 0 saturated carbocycles. The summed E-state index contributed by atoms with van der Waals surface area (Å²) in [4.78, 5) is 8.75. The van der Waals surface area contributed by atoms with Crippen molar-refractivity contribution in [2.24, 2.45) is 10.9 Å². The fourth-order valence-corrected chi connectivity index (χ4v) is 3.22. The first-order valence-electron chi connectivity index (χ1n) is 9.76. The number of hydrogen-bond donors (Lipinski definition) is 3. The molecule has 0 radical (unpaired) electrons. The molecule has 1 aromatic heterocycles. The van der Waals surface area contributed by atoms with Crippen LogP contribution in [0, 0.1) is 13.8 Å². The maximum Gasteiger partial charge on any atom is 0.222 e. The molecule has 0 saturated heterocycles. The quantitative estimate of drug-likeness (QED) is 0.245. The Morgan fingerprint density at radius 3 is 2.55 bits per heavy atom. The Morgan fingerprint density at radius 1 is 1.07 bits per heavy atom. The van der Waals surface area contributed by atoms with Crippen LogP contribution in [0.1, 0.15) is 35.6 Å². The van der Waals surface area contributed by atoms with E-state index in [-0.39, 0.29) is 5.95 Å². The van der Waals surface area contributed by atoms with E-state index in [1.807, 2.05) is 19.1 Å². The summed E-state index contributed by atoms with van der Waals surface area (Å²) in [5, 5.41) is 7.10. The maximum absolute atomic E-state index is 5.95. The topological polar surface area (TPSA) is 102 Å². The molecule has 29 heavy (non-hydrogen) atoms. The molecular formula is C23H28N6. The summed E-state index contributed by atoms with van der Waals surface area (Å²) in [5.74, 6) is 6.35. The van der Waals surface area contributed by atoms with Gasteiger partial charge in [0.1, 0.15) is 5.82 Å². The third kappa shape index (κ3) is 5.10. The van der Waals surface area contributed by atoms with Crippen molar-refractivity contribution in [3.05, 3.63) is 70.8 Å². The van der Waals surface area contributed by atoms with Gasteiger partial charge < -0.3 is 16.9 Å². The van der Waals surface area contributed by atoms with Gasteiger partial charge in [0.05, 0.1) is 11.4 Å². The zero-order valence-electron chi connectivity index (χ0n) is 17.2. The zero-order chi connectivity index (χ0) is 20.8. The van der Waals surface area contributed by atoms with E-state index in [0.717, 1.165) is 47.7 Å². The molecule has 2 aromatic carbocycles. The molecule has 3 aromatic rings. The van der Waals surface area contributed by atoms with Crippen LogP contribution in [0.5, 0.6) is 0 Å². The molecule has 6 nitrogen and oxygen atoms in total.